The Labute approximate surface area is 126 Å². The van der Waals surface area contributed by atoms with Crippen LogP contribution < -0.4 is 10.2 Å². The highest BCUT2D eigenvalue weighted by Crippen LogP contribution is 2.34. The Morgan fingerprint density at radius 3 is 2.77 bits per heavy atom. The van der Waals surface area contributed by atoms with Crippen LogP contribution >= 0.6 is 0 Å². The number of anilines is 1. The monoisotopic (exact) mass is 317 g/mol. The normalized spacial score (nSPS) is 21.5. The maximum absolute atomic E-state index is 13.0. The number of carbonyl (C=O) groups is 1. The molecule has 0 aliphatic carbocycles. The maximum atomic E-state index is 13.0. The zero-order chi connectivity index (χ0) is 16.5. The predicted molar refractivity (Wildman–Crippen MR) is 74.8 cm³/mol. The van der Waals surface area contributed by atoms with Crippen LogP contribution in [0.15, 0.2) is 18.3 Å². The number of ether oxygens (including phenoxy) is 1. The number of morpholine rings is 1. The van der Waals surface area contributed by atoms with Crippen molar-refractivity contribution >= 4 is 11.7 Å². The van der Waals surface area contributed by atoms with Crippen molar-refractivity contribution in [3.63, 3.8) is 0 Å². The van der Waals surface area contributed by atoms with Gasteiger partial charge in [-0.1, -0.05) is 0 Å². The molecule has 0 radical (unpaired) electrons. The van der Waals surface area contributed by atoms with Crippen LogP contribution in [0.2, 0.25) is 0 Å². The van der Waals surface area contributed by atoms with E-state index >= 15 is 0 Å². The summed E-state index contributed by atoms with van der Waals surface area (Å²) in [5.74, 6) is -0.163. The SMILES string of the molecule is CNC(=O)c1cccnc1N1CC(C(F)(F)F)OC(C)(C)C1. The van der Waals surface area contributed by atoms with Crippen molar-refractivity contribution in [2.45, 2.75) is 31.7 Å². The molecule has 0 spiro atoms. The number of hydrogen-bond donors (Lipinski definition) is 1. The lowest BCUT2D eigenvalue weighted by Gasteiger charge is -2.44. The Morgan fingerprint density at radius 1 is 1.50 bits per heavy atom. The van der Waals surface area contributed by atoms with Gasteiger partial charge >= 0.3 is 6.18 Å². The minimum absolute atomic E-state index is 0.209. The number of halogens is 3. The van der Waals surface area contributed by atoms with Crippen LogP contribution in [-0.2, 0) is 4.74 Å². The summed E-state index contributed by atoms with van der Waals surface area (Å²) in [5.41, 5.74) is -0.765. The van der Waals surface area contributed by atoms with Crippen LogP contribution in [0.5, 0.6) is 0 Å². The molecule has 1 fully saturated rings. The Morgan fingerprint density at radius 2 is 2.18 bits per heavy atom. The van der Waals surface area contributed by atoms with Crippen LogP contribution in [0.4, 0.5) is 19.0 Å². The number of nitrogens with one attached hydrogen (secondary N) is 1. The Kier molecular flexibility index (Phi) is 4.32. The number of rotatable bonds is 2. The van der Waals surface area contributed by atoms with E-state index in [2.05, 4.69) is 10.3 Å². The molecule has 122 valence electrons. The number of aromatic nitrogens is 1. The smallest absolute Gasteiger partial charge is 0.359 e. The van der Waals surface area contributed by atoms with Crippen molar-refractivity contribution < 1.29 is 22.7 Å². The van der Waals surface area contributed by atoms with Gasteiger partial charge in [-0.3, -0.25) is 4.79 Å². The average molecular weight is 317 g/mol. The molecule has 0 saturated carbocycles. The predicted octanol–water partition coefficient (Wildman–Crippen LogP) is 1.99. The fourth-order valence-corrected chi connectivity index (χ4v) is 2.48. The van der Waals surface area contributed by atoms with Gasteiger partial charge in [0.25, 0.3) is 5.91 Å². The van der Waals surface area contributed by atoms with Gasteiger partial charge in [0.05, 0.1) is 17.7 Å². The first kappa shape index (κ1) is 16.5. The topological polar surface area (TPSA) is 54.5 Å². The number of carbonyl (C=O) groups excluding carboxylic acids is 1. The molecular weight excluding hydrogens is 299 g/mol. The molecule has 5 nitrogen and oxygen atoms in total. The lowest BCUT2D eigenvalue weighted by Crippen LogP contribution is -2.57. The second-order valence-electron chi connectivity index (χ2n) is 5.74. The third-order valence-electron chi connectivity index (χ3n) is 3.34. The Bertz CT molecular complexity index is 561. The number of nitrogens with zero attached hydrogens (tertiary/aromatic N) is 2. The van der Waals surface area contributed by atoms with Gasteiger partial charge in [-0.2, -0.15) is 13.2 Å². The summed E-state index contributed by atoms with van der Waals surface area (Å²) in [6, 6.07) is 3.10. The number of amides is 1. The minimum atomic E-state index is -4.47. The van der Waals surface area contributed by atoms with E-state index < -0.39 is 30.3 Å². The average Bonchev–Trinajstić information content (AvgIpc) is 2.44. The first-order valence-corrected chi connectivity index (χ1v) is 6.80. The molecule has 0 bridgehead atoms. The molecule has 1 atom stereocenters. The summed E-state index contributed by atoms with van der Waals surface area (Å²) < 4.78 is 44.3. The lowest BCUT2D eigenvalue weighted by atomic mass is 10.0. The zero-order valence-electron chi connectivity index (χ0n) is 12.6. The van der Waals surface area contributed by atoms with E-state index in [0.29, 0.717) is 0 Å². The van der Waals surface area contributed by atoms with Gasteiger partial charge in [0.1, 0.15) is 5.82 Å². The summed E-state index contributed by atoms with van der Waals surface area (Å²) >= 11 is 0. The molecule has 2 heterocycles. The summed E-state index contributed by atoms with van der Waals surface area (Å²) in [7, 11) is 1.46. The number of alkyl halides is 3. The van der Waals surface area contributed by atoms with E-state index in [1.165, 1.54) is 24.2 Å². The summed E-state index contributed by atoms with van der Waals surface area (Å²) in [6.45, 7) is 2.98. The summed E-state index contributed by atoms with van der Waals surface area (Å²) in [6.07, 6.45) is -4.94. The Hall–Kier alpha value is -1.83. The third kappa shape index (κ3) is 3.49. The first-order chi connectivity index (χ1) is 10.1. The van der Waals surface area contributed by atoms with Gasteiger partial charge < -0.3 is 15.0 Å². The van der Waals surface area contributed by atoms with Crippen LogP contribution in [0.25, 0.3) is 0 Å². The van der Waals surface area contributed by atoms with Crippen LogP contribution in [0.3, 0.4) is 0 Å². The molecule has 22 heavy (non-hydrogen) atoms. The Balaban J connectivity index is 2.37. The molecule has 8 heteroatoms. The molecule has 2 rings (SSSR count). The molecule has 1 aliphatic rings. The van der Waals surface area contributed by atoms with Gasteiger partial charge in [-0.15, -0.1) is 0 Å². The molecule has 1 amide bonds. The van der Waals surface area contributed by atoms with Crippen molar-refractivity contribution in [3.8, 4) is 0 Å². The van der Waals surface area contributed by atoms with E-state index in [-0.39, 0.29) is 17.9 Å². The van der Waals surface area contributed by atoms with Crippen molar-refractivity contribution in [2.75, 3.05) is 25.0 Å². The molecule has 1 unspecified atom stereocenters. The largest absolute Gasteiger partial charge is 0.416 e. The molecule has 1 N–H and O–H groups in total. The van der Waals surface area contributed by atoms with Gasteiger partial charge in [0, 0.05) is 19.8 Å². The molecule has 1 aromatic heterocycles. The fourth-order valence-electron chi connectivity index (χ4n) is 2.48. The quantitative estimate of drug-likeness (QED) is 0.906. The van der Waals surface area contributed by atoms with Gasteiger partial charge in [-0.05, 0) is 26.0 Å². The lowest BCUT2D eigenvalue weighted by molar-refractivity contribution is -0.251. The third-order valence-corrected chi connectivity index (χ3v) is 3.34. The fraction of sp³-hybridized carbons (Fsp3) is 0.571. The zero-order valence-corrected chi connectivity index (χ0v) is 12.6. The van der Waals surface area contributed by atoms with Crippen molar-refractivity contribution in [1.82, 2.24) is 10.3 Å². The van der Waals surface area contributed by atoms with Gasteiger partial charge in [0.15, 0.2) is 6.10 Å². The molecule has 1 saturated heterocycles. The van der Waals surface area contributed by atoms with E-state index in [1.54, 1.807) is 19.9 Å². The maximum Gasteiger partial charge on any atom is 0.416 e. The van der Waals surface area contributed by atoms with Crippen LogP contribution in [0.1, 0.15) is 24.2 Å². The van der Waals surface area contributed by atoms with Crippen molar-refractivity contribution in [3.05, 3.63) is 23.9 Å². The minimum Gasteiger partial charge on any atom is -0.359 e. The molecule has 1 aromatic rings. The second-order valence-corrected chi connectivity index (χ2v) is 5.74. The van der Waals surface area contributed by atoms with Crippen molar-refractivity contribution in [1.29, 1.82) is 0 Å². The van der Waals surface area contributed by atoms with E-state index in [9.17, 15) is 18.0 Å². The van der Waals surface area contributed by atoms with Crippen LogP contribution in [-0.4, -0.2) is 48.9 Å². The van der Waals surface area contributed by atoms with Gasteiger partial charge in [0.2, 0.25) is 0 Å². The molecule has 1 aliphatic heterocycles. The van der Waals surface area contributed by atoms with Crippen LogP contribution in [0, 0.1) is 0 Å². The van der Waals surface area contributed by atoms with Crippen molar-refractivity contribution in [2.24, 2.45) is 0 Å². The summed E-state index contributed by atoms with van der Waals surface area (Å²) in [4.78, 5) is 17.4. The highest BCUT2D eigenvalue weighted by atomic mass is 19.4. The van der Waals surface area contributed by atoms with E-state index in [4.69, 9.17) is 4.74 Å². The first-order valence-electron chi connectivity index (χ1n) is 6.80. The van der Waals surface area contributed by atoms with Gasteiger partial charge in [-0.25, -0.2) is 4.98 Å². The summed E-state index contributed by atoms with van der Waals surface area (Å²) in [5, 5.41) is 2.46. The van der Waals surface area contributed by atoms with E-state index in [0.717, 1.165) is 0 Å². The standard InChI is InChI=1S/C14H18F3N3O2/c1-13(2)8-20(7-10(22-13)14(15,16)17)11-9(12(21)18-3)5-4-6-19-11/h4-6,10H,7-8H2,1-3H3,(H,18,21). The molecular formula is C14H18F3N3O2. The number of hydrogen-bond acceptors (Lipinski definition) is 4. The number of pyridine rings is 1. The van der Waals surface area contributed by atoms with E-state index in [1.807, 2.05) is 0 Å². The highest BCUT2D eigenvalue weighted by Gasteiger charge is 2.48. The highest BCUT2D eigenvalue weighted by molar-refractivity contribution is 5.98. The molecule has 0 aromatic carbocycles. The second kappa shape index (κ2) is 5.75.